The van der Waals surface area contributed by atoms with E-state index in [0.29, 0.717) is 13.0 Å². The first-order valence-electron chi connectivity index (χ1n) is 5.67. The molecule has 1 aromatic carbocycles. The van der Waals surface area contributed by atoms with Crippen LogP contribution in [0.2, 0.25) is 0 Å². The molecule has 0 aromatic heterocycles. The van der Waals surface area contributed by atoms with Gasteiger partial charge in [0.05, 0.1) is 11.4 Å². The van der Waals surface area contributed by atoms with E-state index in [4.69, 9.17) is 0 Å². The molecule has 0 unspecified atom stereocenters. The van der Waals surface area contributed by atoms with Crippen molar-refractivity contribution in [1.29, 1.82) is 0 Å². The Morgan fingerprint density at radius 2 is 1.69 bits per heavy atom. The molecule has 0 fully saturated rings. The lowest BCUT2D eigenvalue weighted by atomic mass is 10.3. The lowest BCUT2D eigenvalue weighted by Gasteiger charge is -2.23. The van der Waals surface area contributed by atoms with Gasteiger partial charge >= 0.3 is 0 Å². The first kappa shape index (κ1) is 13.0. The maximum atomic E-state index is 12.0. The molecule has 1 rings (SSSR count). The molecule has 0 amide bonds. The Balaban J connectivity index is 3.00. The van der Waals surface area contributed by atoms with Gasteiger partial charge in [0.2, 0.25) is 10.0 Å². The van der Waals surface area contributed by atoms with E-state index < -0.39 is 10.0 Å². The summed E-state index contributed by atoms with van der Waals surface area (Å²) in [6.07, 6.45) is 1.47. The zero-order chi connectivity index (χ0) is 12.0. The van der Waals surface area contributed by atoms with Gasteiger partial charge in [0, 0.05) is 6.54 Å². The number of sulfonamides is 1. The van der Waals surface area contributed by atoms with E-state index in [1.807, 2.05) is 44.2 Å². The Kier molecular flexibility index (Phi) is 4.80. The first-order valence-corrected chi connectivity index (χ1v) is 7.28. The standard InChI is InChI=1S/C12H19NO2S/c1-3-10-13(16(14,15)11-4-2)12-8-6-5-7-9-12/h5-9H,3-4,10-11H2,1-2H3. The fourth-order valence-corrected chi connectivity index (χ4v) is 3.23. The molecule has 4 heteroatoms. The minimum atomic E-state index is -3.15. The Bertz CT molecular complexity index is 400. The van der Waals surface area contributed by atoms with E-state index in [-0.39, 0.29) is 5.75 Å². The Hall–Kier alpha value is -1.03. The zero-order valence-electron chi connectivity index (χ0n) is 9.89. The molecule has 90 valence electrons. The van der Waals surface area contributed by atoms with Crippen molar-refractivity contribution in [2.75, 3.05) is 16.6 Å². The van der Waals surface area contributed by atoms with E-state index in [0.717, 1.165) is 12.1 Å². The van der Waals surface area contributed by atoms with Crippen LogP contribution in [0.15, 0.2) is 30.3 Å². The summed E-state index contributed by atoms with van der Waals surface area (Å²) in [6, 6.07) is 9.28. The second-order valence-corrected chi connectivity index (χ2v) is 5.74. The topological polar surface area (TPSA) is 37.4 Å². The van der Waals surface area contributed by atoms with E-state index in [1.54, 1.807) is 0 Å². The third kappa shape index (κ3) is 3.23. The summed E-state index contributed by atoms with van der Waals surface area (Å²) in [4.78, 5) is 0. The largest absolute Gasteiger partial charge is 0.270 e. The van der Waals surface area contributed by atoms with Crippen LogP contribution in [0.4, 0.5) is 5.69 Å². The molecule has 0 bridgehead atoms. The van der Waals surface area contributed by atoms with Crippen LogP contribution in [0.5, 0.6) is 0 Å². The maximum absolute atomic E-state index is 12.0. The average molecular weight is 241 g/mol. The number of para-hydroxylation sites is 1. The molecule has 0 spiro atoms. The van der Waals surface area contributed by atoms with Gasteiger partial charge < -0.3 is 0 Å². The van der Waals surface area contributed by atoms with Crippen LogP contribution in [0.1, 0.15) is 26.7 Å². The van der Waals surface area contributed by atoms with Gasteiger partial charge in [-0.25, -0.2) is 8.42 Å². The van der Waals surface area contributed by atoms with Crippen LogP contribution in [-0.2, 0) is 10.0 Å². The lowest BCUT2D eigenvalue weighted by Crippen LogP contribution is -2.33. The van der Waals surface area contributed by atoms with E-state index in [2.05, 4.69) is 0 Å². The third-order valence-electron chi connectivity index (χ3n) is 2.27. The molecule has 0 radical (unpaired) electrons. The fraction of sp³-hybridized carbons (Fsp3) is 0.500. The number of nitrogens with zero attached hydrogens (tertiary/aromatic N) is 1. The van der Waals surface area contributed by atoms with E-state index >= 15 is 0 Å². The van der Waals surface area contributed by atoms with Gasteiger partial charge in [-0.15, -0.1) is 0 Å². The Morgan fingerprint density at radius 3 is 2.19 bits per heavy atom. The molecule has 0 aliphatic rings. The summed E-state index contributed by atoms with van der Waals surface area (Å²) >= 11 is 0. The highest BCUT2D eigenvalue weighted by atomic mass is 32.2. The summed E-state index contributed by atoms with van der Waals surface area (Å²) in [6.45, 7) is 4.41. The number of benzene rings is 1. The highest BCUT2D eigenvalue weighted by Gasteiger charge is 2.20. The predicted molar refractivity (Wildman–Crippen MR) is 68.2 cm³/mol. The van der Waals surface area contributed by atoms with Crippen molar-refractivity contribution in [2.45, 2.75) is 26.7 Å². The molecule has 1 aromatic rings. The zero-order valence-corrected chi connectivity index (χ0v) is 10.7. The van der Waals surface area contributed by atoms with E-state index in [1.165, 1.54) is 4.31 Å². The number of hydrogen-bond donors (Lipinski definition) is 0. The van der Waals surface area contributed by atoms with Crippen molar-refractivity contribution in [3.63, 3.8) is 0 Å². The third-order valence-corrected chi connectivity index (χ3v) is 4.26. The van der Waals surface area contributed by atoms with Crippen molar-refractivity contribution in [3.05, 3.63) is 30.3 Å². The summed E-state index contributed by atoms with van der Waals surface area (Å²) in [5.41, 5.74) is 0.762. The summed E-state index contributed by atoms with van der Waals surface area (Å²) in [5, 5.41) is 0. The van der Waals surface area contributed by atoms with Crippen molar-refractivity contribution in [2.24, 2.45) is 0 Å². The van der Waals surface area contributed by atoms with Gasteiger partial charge in [-0.2, -0.15) is 0 Å². The molecule has 0 saturated heterocycles. The molecule has 0 atom stereocenters. The van der Waals surface area contributed by atoms with Crippen LogP contribution >= 0.6 is 0 Å². The van der Waals surface area contributed by atoms with Crippen LogP contribution in [0.25, 0.3) is 0 Å². The summed E-state index contributed by atoms with van der Waals surface area (Å²) < 4.78 is 25.6. The quantitative estimate of drug-likeness (QED) is 0.768. The minimum absolute atomic E-state index is 0.210. The number of anilines is 1. The molecule has 0 aliphatic carbocycles. The second kappa shape index (κ2) is 5.89. The van der Waals surface area contributed by atoms with Gasteiger partial charge in [0.1, 0.15) is 0 Å². The Labute approximate surface area is 98.1 Å². The normalized spacial score (nSPS) is 11.4. The van der Waals surface area contributed by atoms with Crippen molar-refractivity contribution < 1.29 is 8.42 Å². The molecular weight excluding hydrogens is 222 g/mol. The highest BCUT2D eigenvalue weighted by molar-refractivity contribution is 7.92. The molecule has 3 nitrogen and oxygen atoms in total. The second-order valence-electron chi connectivity index (χ2n) is 3.72. The first-order chi connectivity index (χ1) is 7.61. The van der Waals surface area contributed by atoms with Crippen molar-refractivity contribution in [1.82, 2.24) is 0 Å². The van der Waals surface area contributed by atoms with Gasteiger partial charge in [-0.1, -0.05) is 32.0 Å². The van der Waals surface area contributed by atoms with Crippen LogP contribution in [-0.4, -0.2) is 20.7 Å². The molecule has 0 N–H and O–H groups in total. The van der Waals surface area contributed by atoms with Crippen LogP contribution in [0, 0.1) is 0 Å². The fourth-order valence-electron chi connectivity index (χ4n) is 1.59. The van der Waals surface area contributed by atoms with E-state index in [9.17, 15) is 8.42 Å². The predicted octanol–water partition coefficient (Wildman–Crippen LogP) is 2.64. The summed E-state index contributed by atoms with van der Waals surface area (Å²) in [5.74, 6) is 0.210. The van der Waals surface area contributed by atoms with Gasteiger partial charge in [0.25, 0.3) is 0 Å². The molecule has 16 heavy (non-hydrogen) atoms. The monoisotopic (exact) mass is 241 g/mol. The molecule has 0 saturated carbocycles. The minimum Gasteiger partial charge on any atom is -0.270 e. The Morgan fingerprint density at radius 1 is 1.06 bits per heavy atom. The highest BCUT2D eigenvalue weighted by Crippen LogP contribution is 2.18. The van der Waals surface area contributed by atoms with Gasteiger partial charge in [-0.05, 0) is 25.0 Å². The lowest BCUT2D eigenvalue weighted by molar-refractivity contribution is 0.588. The van der Waals surface area contributed by atoms with Crippen molar-refractivity contribution >= 4 is 15.7 Å². The van der Waals surface area contributed by atoms with Crippen LogP contribution < -0.4 is 4.31 Å². The SMILES string of the molecule is CCCN(c1ccccc1)S(=O)(=O)CCC. The van der Waals surface area contributed by atoms with Crippen LogP contribution in [0.3, 0.4) is 0 Å². The average Bonchev–Trinajstić information content (AvgIpc) is 2.27. The molecule has 0 aliphatic heterocycles. The molecule has 0 heterocycles. The number of hydrogen-bond acceptors (Lipinski definition) is 2. The maximum Gasteiger partial charge on any atom is 0.235 e. The summed E-state index contributed by atoms with van der Waals surface area (Å²) in [7, 11) is -3.15. The smallest absolute Gasteiger partial charge is 0.235 e. The van der Waals surface area contributed by atoms with Crippen molar-refractivity contribution in [3.8, 4) is 0 Å². The van der Waals surface area contributed by atoms with Gasteiger partial charge in [0.15, 0.2) is 0 Å². The van der Waals surface area contributed by atoms with Gasteiger partial charge in [-0.3, -0.25) is 4.31 Å². The number of rotatable bonds is 6. The molecular formula is C12H19NO2S.